The minimum Gasteiger partial charge on any atom is -0.478 e. The molecule has 2 aliphatic rings. The summed E-state index contributed by atoms with van der Waals surface area (Å²) in [6.07, 6.45) is 5.98. The molecule has 1 saturated heterocycles. The lowest BCUT2D eigenvalue weighted by Crippen LogP contribution is -2.59. The number of allylic oxidation sites excluding steroid dienone is 5. The average Bonchev–Trinajstić information content (AvgIpc) is 3.04. The maximum atomic E-state index is 13.5. The van der Waals surface area contributed by atoms with Gasteiger partial charge in [0.15, 0.2) is 5.79 Å². The number of aliphatic hydroxyl groups excluding tert-OH is 2. The Hall–Kier alpha value is -3.09. The number of aliphatic hydroxyl groups is 3. The normalized spacial score (nSPS) is 37.0. The van der Waals surface area contributed by atoms with Crippen molar-refractivity contribution in [2.45, 2.75) is 124 Å². The molecule has 1 fully saturated rings. The topological polar surface area (TPSA) is 169 Å². The highest BCUT2D eigenvalue weighted by Gasteiger charge is 2.53. The van der Waals surface area contributed by atoms with Gasteiger partial charge in [-0.25, -0.2) is 14.4 Å². The second-order valence-corrected chi connectivity index (χ2v) is 14.8. The Bertz CT molecular complexity index is 1330. The van der Waals surface area contributed by atoms with Gasteiger partial charge in [-0.15, -0.1) is 0 Å². The van der Waals surface area contributed by atoms with Gasteiger partial charge in [0.25, 0.3) is 0 Å². The van der Waals surface area contributed by atoms with Crippen LogP contribution < -0.4 is 0 Å². The SMILES string of the molecule is CO[C@@H]1C=C/C=C(/C)C[C@@H](C)[C@@H](O)[C@@H](C)/C=C(C)/C=C(\C)C(=O)O[C@H]1[C@H](C)[C@H](O)[C@@H](C)[C@]1(O)C[C@H](OC(=O)/C=C/C(=O)O)[C@@H](C)[C@H](C(C)C)O1. The van der Waals surface area contributed by atoms with Crippen molar-refractivity contribution in [3.8, 4) is 0 Å². The zero-order chi connectivity index (χ0) is 38.1. The highest BCUT2D eigenvalue weighted by atomic mass is 16.6. The molecule has 0 aromatic carbocycles. The standard InChI is InChI=1S/C39H60O11/c1-21(2)36-27(8)31(48-33(42)16-15-32(40)41)20-39(46,50-36)29(10)35(44)28(9)37-30(47-11)14-12-13-22(3)17-24(5)34(43)25(6)18-23(4)19-26(7)38(45)49-37/h12-16,18-19,21,24-25,27-31,34-37,43-44,46H,17,20H2,1-11H3,(H,40,41)/b14-12?,16-15+,22-13-,23-18+,26-19+/t24-,25+,27-,28-,29-,30-,31+,34-,35+,36+,37+,39+/m1/s1. The summed E-state index contributed by atoms with van der Waals surface area (Å²) in [5.74, 6) is -7.15. The van der Waals surface area contributed by atoms with Crippen LogP contribution in [0.15, 0.2) is 59.3 Å². The molecule has 0 bridgehead atoms. The van der Waals surface area contributed by atoms with E-state index >= 15 is 0 Å². The maximum Gasteiger partial charge on any atom is 0.334 e. The van der Waals surface area contributed by atoms with E-state index in [1.54, 1.807) is 39.0 Å². The number of carbonyl (C=O) groups excluding carboxylic acids is 2. The lowest BCUT2D eigenvalue weighted by Gasteiger charge is -2.50. The molecule has 0 aromatic heterocycles. The van der Waals surface area contributed by atoms with E-state index in [0.29, 0.717) is 18.1 Å². The Labute approximate surface area is 297 Å². The van der Waals surface area contributed by atoms with Gasteiger partial charge in [0, 0.05) is 54.9 Å². The molecule has 0 amide bonds. The van der Waals surface area contributed by atoms with E-state index in [-0.39, 0.29) is 30.1 Å². The quantitative estimate of drug-likeness (QED) is 0.182. The number of rotatable bonds is 9. The molecule has 50 heavy (non-hydrogen) atoms. The van der Waals surface area contributed by atoms with Crippen molar-refractivity contribution >= 4 is 17.9 Å². The Morgan fingerprint density at radius 1 is 1.06 bits per heavy atom. The largest absolute Gasteiger partial charge is 0.478 e. The first kappa shape index (κ1) is 43.1. The summed E-state index contributed by atoms with van der Waals surface area (Å²) >= 11 is 0. The monoisotopic (exact) mass is 704 g/mol. The van der Waals surface area contributed by atoms with Gasteiger partial charge in [0.05, 0.1) is 18.3 Å². The molecule has 2 rings (SSSR count). The minimum atomic E-state index is -1.97. The molecular formula is C39H60O11. The Balaban J connectivity index is 2.51. The third-order valence-corrected chi connectivity index (χ3v) is 10.1. The van der Waals surface area contributed by atoms with Crippen LogP contribution in [0.25, 0.3) is 0 Å². The first-order valence-electron chi connectivity index (χ1n) is 17.5. The molecule has 4 N–H and O–H groups in total. The summed E-state index contributed by atoms with van der Waals surface area (Å²) in [5, 5.41) is 43.7. The van der Waals surface area contributed by atoms with Gasteiger partial charge in [0.2, 0.25) is 0 Å². The van der Waals surface area contributed by atoms with E-state index in [1.807, 2.05) is 60.6 Å². The first-order chi connectivity index (χ1) is 23.2. The highest BCUT2D eigenvalue weighted by molar-refractivity contribution is 5.90. The molecule has 12 atom stereocenters. The van der Waals surface area contributed by atoms with Gasteiger partial charge in [-0.1, -0.05) is 83.9 Å². The van der Waals surface area contributed by atoms with E-state index < -0.39 is 72.2 Å². The van der Waals surface area contributed by atoms with Gasteiger partial charge in [-0.2, -0.15) is 0 Å². The average molecular weight is 705 g/mol. The first-order valence-corrected chi connectivity index (χ1v) is 17.5. The van der Waals surface area contributed by atoms with Crippen LogP contribution >= 0.6 is 0 Å². The van der Waals surface area contributed by atoms with Crippen LogP contribution in [0.5, 0.6) is 0 Å². The van der Waals surface area contributed by atoms with E-state index in [4.69, 9.17) is 24.1 Å². The zero-order valence-corrected chi connectivity index (χ0v) is 31.5. The fourth-order valence-corrected chi connectivity index (χ4v) is 7.02. The van der Waals surface area contributed by atoms with E-state index in [0.717, 1.165) is 17.2 Å². The van der Waals surface area contributed by atoms with Crippen LogP contribution in [0.1, 0.15) is 82.1 Å². The number of carboxylic acid groups (broad SMARTS) is 1. The molecule has 2 aliphatic heterocycles. The Morgan fingerprint density at radius 3 is 2.28 bits per heavy atom. The fourth-order valence-electron chi connectivity index (χ4n) is 7.02. The van der Waals surface area contributed by atoms with Crippen molar-refractivity contribution in [3.05, 3.63) is 59.3 Å². The van der Waals surface area contributed by atoms with Gasteiger partial charge in [-0.3, -0.25) is 0 Å². The van der Waals surface area contributed by atoms with E-state index in [9.17, 15) is 29.7 Å². The molecule has 282 valence electrons. The number of ether oxygens (including phenoxy) is 4. The minimum absolute atomic E-state index is 0.0142. The lowest BCUT2D eigenvalue weighted by molar-refractivity contribution is -0.329. The molecule has 0 aliphatic carbocycles. The number of carboxylic acids is 1. The van der Waals surface area contributed by atoms with Crippen molar-refractivity contribution in [2.24, 2.45) is 35.5 Å². The van der Waals surface area contributed by atoms with Gasteiger partial charge < -0.3 is 39.4 Å². The van der Waals surface area contributed by atoms with Crippen LogP contribution in [0.4, 0.5) is 0 Å². The van der Waals surface area contributed by atoms with Crippen LogP contribution in [-0.2, 0) is 33.3 Å². The second kappa shape index (κ2) is 18.9. The van der Waals surface area contributed by atoms with Gasteiger partial charge in [-0.05, 0) is 45.1 Å². The molecule has 0 aromatic rings. The number of carbonyl (C=O) groups is 3. The summed E-state index contributed by atoms with van der Waals surface area (Å²) in [6.45, 7) is 18.4. The predicted molar refractivity (Wildman–Crippen MR) is 189 cm³/mol. The van der Waals surface area contributed by atoms with E-state index in [2.05, 4.69) is 0 Å². The predicted octanol–water partition coefficient (Wildman–Crippen LogP) is 5.30. The Kier molecular flexibility index (Phi) is 16.3. The molecular weight excluding hydrogens is 644 g/mol. The fraction of sp³-hybridized carbons (Fsp3) is 0.667. The maximum absolute atomic E-state index is 13.5. The van der Waals surface area contributed by atoms with Crippen molar-refractivity contribution in [1.29, 1.82) is 0 Å². The molecule has 0 saturated carbocycles. The molecule has 11 nitrogen and oxygen atoms in total. The van der Waals surface area contributed by atoms with Crippen molar-refractivity contribution in [2.75, 3.05) is 7.11 Å². The molecule has 2 heterocycles. The molecule has 0 spiro atoms. The summed E-state index contributed by atoms with van der Waals surface area (Å²) in [7, 11) is 1.48. The van der Waals surface area contributed by atoms with Crippen molar-refractivity contribution < 1.29 is 53.8 Å². The van der Waals surface area contributed by atoms with Crippen molar-refractivity contribution in [1.82, 2.24) is 0 Å². The van der Waals surface area contributed by atoms with Crippen LogP contribution in [0.3, 0.4) is 0 Å². The Morgan fingerprint density at radius 2 is 1.70 bits per heavy atom. The van der Waals surface area contributed by atoms with Gasteiger partial charge >= 0.3 is 17.9 Å². The number of hydrogen-bond donors (Lipinski definition) is 4. The summed E-state index contributed by atoms with van der Waals surface area (Å²) in [4.78, 5) is 36.9. The number of cyclic esters (lactones) is 1. The smallest absolute Gasteiger partial charge is 0.334 e. The van der Waals surface area contributed by atoms with Crippen molar-refractivity contribution in [3.63, 3.8) is 0 Å². The third-order valence-electron chi connectivity index (χ3n) is 10.1. The molecule has 0 radical (unpaired) electrons. The molecule has 0 unspecified atom stereocenters. The number of methoxy groups -OCH3 is 1. The summed E-state index contributed by atoms with van der Waals surface area (Å²) in [6, 6.07) is 0. The third kappa shape index (κ3) is 11.7. The number of aliphatic carboxylic acids is 1. The second-order valence-electron chi connectivity index (χ2n) is 14.8. The molecule has 11 heteroatoms. The number of hydrogen-bond acceptors (Lipinski definition) is 10. The lowest BCUT2D eigenvalue weighted by atomic mass is 9.76. The van der Waals surface area contributed by atoms with Gasteiger partial charge in [0.1, 0.15) is 18.3 Å². The van der Waals surface area contributed by atoms with Crippen LogP contribution in [-0.4, -0.2) is 87.9 Å². The zero-order valence-electron chi connectivity index (χ0n) is 31.5. The summed E-state index contributed by atoms with van der Waals surface area (Å²) in [5.41, 5.74) is 2.14. The summed E-state index contributed by atoms with van der Waals surface area (Å²) < 4.78 is 23.8. The van der Waals surface area contributed by atoms with E-state index in [1.165, 1.54) is 7.11 Å². The highest BCUT2D eigenvalue weighted by Crippen LogP contribution is 2.42. The van der Waals surface area contributed by atoms with Crippen LogP contribution in [0, 0.1) is 35.5 Å². The van der Waals surface area contributed by atoms with Crippen LogP contribution in [0.2, 0.25) is 0 Å². The number of esters is 2.